The molecule has 0 spiro atoms. The van der Waals surface area contributed by atoms with Crippen LogP contribution in [-0.4, -0.2) is 14.4 Å². The molecule has 2 N–H and O–H groups in total. The molecule has 4 rings (SSSR count). The van der Waals surface area contributed by atoms with E-state index in [-0.39, 0.29) is 0 Å². The monoisotopic (exact) mass is 325 g/mol. The highest BCUT2D eigenvalue weighted by Crippen LogP contribution is 2.22. The first-order valence-electron chi connectivity index (χ1n) is 7.92. The summed E-state index contributed by atoms with van der Waals surface area (Å²) >= 11 is 0. The Bertz CT molecular complexity index is 1090. The Balaban J connectivity index is 1.75. The summed E-state index contributed by atoms with van der Waals surface area (Å²) in [6, 6.07) is 21.5. The minimum absolute atomic E-state index is 0.377. The average Bonchev–Trinajstić information content (AvgIpc) is 3.05. The van der Waals surface area contributed by atoms with E-state index < -0.39 is 0 Å². The van der Waals surface area contributed by atoms with Crippen molar-refractivity contribution in [2.75, 3.05) is 5.73 Å². The van der Waals surface area contributed by atoms with Gasteiger partial charge in [0.05, 0.1) is 23.0 Å². The van der Waals surface area contributed by atoms with Crippen molar-refractivity contribution in [2.45, 2.75) is 6.42 Å². The summed E-state index contributed by atoms with van der Waals surface area (Å²) < 4.78 is 1.79. The maximum absolute atomic E-state index is 9.07. The van der Waals surface area contributed by atoms with E-state index in [1.165, 1.54) is 5.56 Å². The molecule has 120 valence electrons. The van der Waals surface area contributed by atoms with Crippen LogP contribution >= 0.6 is 0 Å². The van der Waals surface area contributed by atoms with E-state index in [4.69, 9.17) is 11.0 Å². The van der Waals surface area contributed by atoms with Gasteiger partial charge in [-0.2, -0.15) is 5.26 Å². The fraction of sp³-hybridized carbons (Fsp3) is 0.0500. The second-order valence-electron chi connectivity index (χ2n) is 5.82. The molecule has 4 aromatic rings. The van der Waals surface area contributed by atoms with Gasteiger partial charge in [0.15, 0.2) is 0 Å². The van der Waals surface area contributed by atoms with E-state index in [2.05, 4.69) is 28.2 Å². The van der Waals surface area contributed by atoms with E-state index >= 15 is 0 Å². The number of nitriles is 1. The van der Waals surface area contributed by atoms with Crippen molar-refractivity contribution >= 4 is 11.6 Å². The summed E-state index contributed by atoms with van der Waals surface area (Å²) in [5, 5.41) is 9.07. The Kier molecular flexibility index (Phi) is 3.64. The summed E-state index contributed by atoms with van der Waals surface area (Å²) in [5.74, 6) is 0.377. The van der Waals surface area contributed by atoms with Crippen LogP contribution in [0.15, 0.2) is 66.9 Å². The Morgan fingerprint density at radius 3 is 2.64 bits per heavy atom. The summed E-state index contributed by atoms with van der Waals surface area (Å²) in [7, 11) is 0. The van der Waals surface area contributed by atoms with Crippen molar-refractivity contribution in [3.63, 3.8) is 0 Å². The van der Waals surface area contributed by atoms with Gasteiger partial charge in [-0.3, -0.25) is 4.40 Å². The lowest BCUT2D eigenvalue weighted by atomic mass is 10.1. The van der Waals surface area contributed by atoms with Crippen molar-refractivity contribution in [3.8, 4) is 17.3 Å². The first kappa shape index (κ1) is 14.9. The topological polar surface area (TPSA) is 80.0 Å². The number of rotatable bonds is 3. The van der Waals surface area contributed by atoms with Crippen LogP contribution in [0.5, 0.6) is 0 Å². The van der Waals surface area contributed by atoms with Gasteiger partial charge in [0.25, 0.3) is 0 Å². The lowest BCUT2D eigenvalue weighted by Gasteiger charge is -2.04. The molecular formula is C20H15N5. The minimum Gasteiger partial charge on any atom is -0.369 e. The van der Waals surface area contributed by atoms with E-state index in [9.17, 15) is 0 Å². The van der Waals surface area contributed by atoms with Crippen LogP contribution in [0.2, 0.25) is 0 Å². The van der Waals surface area contributed by atoms with Gasteiger partial charge in [0.1, 0.15) is 5.65 Å². The van der Waals surface area contributed by atoms with Gasteiger partial charge < -0.3 is 5.73 Å². The Morgan fingerprint density at radius 2 is 1.84 bits per heavy atom. The normalized spacial score (nSPS) is 10.7. The Hall–Kier alpha value is -3.65. The molecule has 5 nitrogen and oxygen atoms in total. The van der Waals surface area contributed by atoms with Gasteiger partial charge in [0.2, 0.25) is 5.95 Å². The quantitative estimate of drug-likeness (QED) is 0.625. The van der Waals surface area contributed by atoms with Crippen LogP contribution in [0.1, 0.15) is 16.8 Å². The SMILES string of the molecule is N#Cc1cccc(-c2cc3nc(Cc4ccccc4)cn3c(N)n2)c1. The molecule has 0 unspecified atom stereocenters. The number of nitrogens with zero attached hydrogens (tertiary/aromatic N) is 4. The molecule has 0 amide bonds. The smallest absolute Gasteiger partial charge is 0.206 e. The minimum atomic E-state index is 0.377. The molecule has 0 saturated heterocycles. The fourth-order valence-corrected chi connectivity index (χ4v) is 2.85. The zero-order chi connectivity index (χ0) is 17.2. The van der Waals surface area contributed by atoms with Gasteiger partial charge in [-0.15, -0.1) is 0 Å². The lowest BCUT2D eigenvalue weighted by molar-refractivity contribution is 1.10. The molecule has 0 saturated carbocycles. The second-order valence-corrected chi connectivity index (χ2v) is 5.82. The second kappa shape index (κ2) is 6.10. The molecule has 2 heterocycles. The van der Waals surface area contributed by atoms with Crippen molar-refractivity contribution in [2.24, 2.45) is 0 Å². The molecule has 0 fully saturated rings. The van der Waals surface area contributed by atoms with Gasteiger partial charge in [0, 0.05) is 24.2 Å². The molecular weight excluding hydrogens is 310 g/mol. The lowest BCUT2D eigenvalue weighted by Crippen LogP contribution is -2.01. The average molecular weight is 325 g/mol. The van der Waals surface area contributed by atoms with Crippen molar-refractivity contribution in [3.05, 3.63) is 83.7 Å². The van der Waals surface area contributed by atoms with E-state index in [1.807, 2.05) is 42.6 Å². The Labute approximate surface area is 145 Å². The summed E-state index contributed by atoms with van der Waals surface area (Å²) in [6.07, 6.45) is 2.65. The van der Waals surface area contributed by atoms with Crippen LogP contribution in [0.4, 0.5) is 5.95 Å². The third-order valence-electron chi connectivity index (χ3n) is 4.05. The van der Waals surface area contributed by atoms with Crippen molar-refractivity contribution in [1.29, 1.82) is 5.26 Å². The summed E-state index contributed by atoms with van der Waals surface area (Å²) in [4.78, 5) is 9.13. The zero-order valence-electron chi connectivity index (χ0n) is 13.4. The highest BCUT2D eigenvalue weighted by molar-refractivity contribution is 5.67. The first-order chi connectivity index (χ1) is 12.2. The first-order valence-corrected chi connectivity index (χ1v) is 7.92. The zero-order valence-corrected chi connectivity index (χ0v) is 13.4. The van der Waals surface area contributed by atoms with Gasteiger partial charge in [-0.05, 0) is 17.7 Å². The number of fused-ring (bicyclic) bond motifs is 1. The number of nitrogen functional groups attached to an aromatic ring is 1. The van der Waals surface area contributed by atoms with E-state index in [0.29, 0.717) is 17.2 Å². The summed E-state index contributed by atoms with van der Waals surface area (Å²) in [6.45, 7) is 0. The highest BCUT2D eigenvalue weighted by atomic mass is 15.1. The molecule has 2 aromatic heterocycles. The molecule has 0 bridgehead atoms. The standard InChI is InChI=1S/C20H15N5/c21-12-15-7-4-8-16(9-15)18-11-19-23-17(13-25(19)20(22)24-18)10-14-5-2-1-3-6-14/h1-9,11,13H,10H2,(H2,22,24). The number of aromatic nitrogens is 3. The van der Waals surface area contributed by atoms with Gasteiger partial charge in [-0.1, -0.05) is 42.5 Å². The highest BCUT2D eigenvalue weighted by Gasteiger charge is 2.10. The fourth-order valence-electron chi connectivity index (χ4n) is 2.85. The number of hydrogen-bond acceptors (Lipinski definition) is 4. The molecule has 0 aliphatic carbocycles. The maximum atomic E-state index is 9.07. The van der Waals surface area contributed by atoms with Gasteiger partial charge in [-0.25, -0.2) is 9.97 Å². The summed E-state index contributed by atoms with van der Waals surface area (Å²) in [5.41, 5.74) is 11.1. The number of anilines is 1. The number of imidazole rings is 1. The van der Waals surface area contributed by atoms with Crippen LogP contribution in [0.3, 0.4) is 0 Å². The van der Waals surface area contributed by atoms with E-state index in [0.717, 1.165) is 23.3 Å². The predicted octanol–water partition coefficient (Wildman–Crippen LogP) is 3.44. The molecule has 0 aliphatic rings. The third-order valence-corrected chi connectivity index (χ3v) is 4.05. The van der Waals surface area contributed by atoms with Crippen molar-refractivity contribution in [1.82, 2.24) is 14.4 Å². The van der Waals surface area contributed by atoms with Crippen LogP contribution in [0, 0.1) is 11.3 Å². The third kappa shape index (κ3) is 2.93. The van der Waals surface area contributed by atoms with Gasteiger partial charge >= 0.3 is 0 Å². The molecule has 5 heteroatoms. The predicted molar refractivity (Wildman–Crippen MR) is 96.8 cm³/mol. The largest absolute Gasteiger partial charge is 0.369 e. The molecule has 0 atom stereocenters. The number of nitrogens with two attached hydrogens (primary N) is 1. The van der Waals surface area contributed by atoms with Crippen LogP contribution < -0.4 is 5.73 Å². The Morgan fingerprint density at radius 1 is 1.00 bits per heavy atom. The van der Waals surface area contributed by atoms with Crippen LogP contribution in [-0.2, 0) is 6.42 Å². The van der Waals surface area contributed by atoms with Crippen molar-refractivity contribution < 1.29 is 0 Å². The van der Waals surface area contributed by atoms with E-state index in [1.54, 1.807) is 16.5 Å². The molecule has 0 aliphatic heterocycles. The molecule has 2 aromatic carbocycles. The molecule has 25 heavy (non-hydrogen) atoms. The number of hydrogen-bond donors (Lipinski definition) is 1. The number of benzene rings is 2. The maximum Gasteiger partial charge on any atom is 0.206 e. The van der Waals surface area contributed by atoms with Crippen LogP contribution in [0.25, 0.3) is 16.9 Å². The molecule has 0 radical (unpaired) electrons.